The summed E-state index contributed by atoms with van der Waals surface area (Å²) in [7, 11) is 0. The number of aliphatic carboxylic acids is 1. The number of carboxylic acids is 1. The van der Waals surface area contributed by atoms with E-state index in [1.165, 1.54) is 0 Å². The molecule has 0 saturated carbocycles. The van der Waals surface area contributed by atoms with Crippen LogP contribution in [0.4, 0.5) is 13.2 Å². The van der Waals surface area contributed by atoms with Crippen molar-refractivity contribution < 1.29 is 37.0 Å². The number of alkyl halides is 3. The van der Waals surface area contributed by atoms with Gasteiger partial charge in [0.05, 0.1) is 24.8 Å². The van der Waals surface area contributed by atoms with E-state index < -0.39 is 12.1 Å². The van der Waals surface area contributed by atoms with E-state index >= 15 is 0 Å². The molecule has 4 rings (SSSR count). The van der Waals surface area contributed by atoms with Gasteiger partial charge in [0.15, 0.2) is 0 Å². The molecule has 0 radical (unpaired) electrons. The summed E-state index contributed by atoms with van der Waals surface area (Å²) in [4.78, 5) is 31.4. The summed E-state index contributed by atoms with van der Waals surface area (Å²) in [6, 6.07) is 3.98. The summed E-state index contributed by atoms with van der Waals surface area (Å²) in [6.07, 6.45) is -0.656. The molecule has 1 amide bonds. The molecule has 31 heavy (non-hydrogen) atoms. The average molecular weight is 444 g/mol. The van der Waals surface area contributed by atoms with Gasteiger partial charge in [-0.25, -0.2) is 9.78 Å². The number of H-pyrrole nitrogens is 1. The Morgan fingerprint density at radius 1 is 1.42 bits per heavy atom. The lowest BCUT2D eigenvalue weighted by Crippen LogP contribution is -2.37. The van der Waals surface area contributed by atoms with Crippen LogP contribution in [0.25, 0.3) is 0 Å². The minimum absolute atomic E-state index is 0.0226. The topological polar surface area (TPSA) is 121 Å². The van der Waals surface area contributed by atoms with Crippen molar-refractivity contribution in [3.63, 3.8) is 0 Å². The fourth-order valence-electron chi connectivity index (χ4n) is 3.77. The lowest BCUT2D eigenvalue weighted by atomic mass is 10.0. The Morgan fingerprint density at radius 3 is 2.74 bits per heavy atom. The van der Waals surface area contributed by atoms with Crippen LogP contribution in [0, 0.1) is 12.8 Å². The summed E-state index contributed by atoms with van der Waals surface area (Å²) in [5.41, 5.74) is 1.08. The number of carbonyl (C=O) groups excluding carboxylic acids is 1. The molecule has 3 atom stereocenters. The van der Waals surface area contributed by atoms with Crippen LogP contribution >= 0.6 is 0 Å². The van der Waals surface area contributed by atoms with Crippen molar-refractivity contribution >= 4 is 11.9 Å². The Kier molecular flexibility index (Phi) is 7.01. The minimum Gasteiger partial charge on any atom is -0.475 e. The monoisotopic (exact) mass is 444 g/mol. The van der Waals surface area contributed by atoms with E-state index in [1.807, 2.05) is 25.3 Å². The lowest BCUT2D eigenvalue weighted by molar-refractivity contribution is -0.192. The second-order valence-corrected chi connectivity index (χ2v) is 7.32. The molecule has 9 nitrogen and oxygen atoms in total. The highest BCUT2D eigenvalue weighted by molar-refractivity contribution is 5.80. The molecular weight excluding hydrogens is 421 g/mol. The molecule has 4 heterocycles. The molecule has 2 aromatic heterocycles. The first-order valence-corrected chi connectivity index (χ1v) is 9.61. The molecule has 2 fully saturated rings. The third-order valence-corrected chi connectivity index (χ3v) is 5.13. The highest BCUT2D eigenvalue weighted by Gasteiger charge is 2.48. The maximum atomic E-state index is 12.6. The van der Waals surface area contributed by atoms with Crippen molar-refractivity contribution in [3.8, 4) is 0 Å². The molecule has 170 valence electrons. The number of furan rings is 1. The molecule has 3 N–H and O–H groups in total. The van der Waals surface area contributed by atoms with Crippen molar-refractivity contribution in [1.29, 1.82) is 0 Å². The molecule has 0 spiro atoms. The minimum atomic E-state index is -5.08. The zero-order chi connectivity index (χ0) is 22.6. The van der Waals surface area contributed by atoms with E-state index in [0.717, 1.165) is 36.9 Å². The van der Waals surface area contributed by atoms with Gasteiger partial charge in [-0.15, -0.1) is 0 Å². The van der Waals surface area contributed by atoms with Gasteiger partial charge in [-0.3, -0.25) is 9.69 Å². The number of carboxylic acid groups (broad SMARTS) is 1. The number of aromatic nitrogens is 2. The van der Waals surface area contributed by atoms with Gasteiger partial charge in [0, 0.05) is 37.6 Å². The predicted molar refractivity (Wildman–Crippen MR) is 99.6 cm³/mol. The maximum Gasteiger partial charge on any atom is 0.490 e. The molecule has 2 saturated heterocycles. The largest absolute Gasteiger partial charge is 0.490 e. The number of ether oxygens (including phenoxy) is 1. The average Bonchev–Trinajstić information content (AvgIpc) is 3.47. The van der Waals surface area contributed by atoms with Gasteiger partial charge < -0.3 is 24.6 Å². The second kappa shape index (κ2) is 9.52. The number of imidazole rings is 1. The Labute approximate surface area is 175 Å². The van der Waals surface area contributed by atoms with Crippen LogP contribution in [0.15, 0.2) is 29.0 Å². The zero-order valence-electron chi connectivity index (χ0n) is 16.7. The van der Waals surface area contributed by atoms with Crippen molar-refractivity contribution in [2.75, 3.05) is 13.2 Å². The number of hydrogen-bond donors (Lipinski definition) is 3. The van der Waals surface area contributed by atoms with Gasteiger partial charge >= 0.3 is 12.1 Å². The fourth-order valence-corrected chi connectivity index (χ4v) is 3.77. The first-order valence-electron chi connectivity index (χ1n) is 9.61. The second-order valence-electron chi connectivity index (χ2n) is 7.32. The van der Waals surface area contributed by atoms with E-state index in [-0.39, 0.29) is 17.9 Å². The molecule has 0 aromatic carbocycles. The van der Waals surface area contributed by atoms with Gasteiger partial charge in [-0.2, -0.15) is 13.2 Å². The van der Waals surface area contributed by atoms with Gasteiger partial charge in [0.1, 0.15) is 11.6 Å². The van der Waals surface area contributed by atoms with Crippen LogP contribution in [0.5, 0.6) is 0 Å². The van der Waals surface area contributed by atoms with E-state index in [4.69, 9.17) is 19.1 Å². The SMILES string of the molecule is Cc1ncc(CN2C[C@H](C(=O)NCc3ccco3)[C@H]3OCC[C@H]32)[nH]1.O=C(O)C(F)(F)F. The Bertz CT molecular complexity index is 883. The van der Waals surface area contributed by atoms with Crippen LogP contribution in [0.3, 0.4) is 0 Å². The van der Waals surface area contributed by atoms with Crippen LogP contribution < -0.4 is 5.32 Å². The van der Waals surface area contributed by atoms with Crippen molar-refractivity contribution in [1.82, 2.24) is 20.2 Å². The molecule has 0 bridgehead atoms. The van der Waals surface area contributed by atoms with E-state index in [2.05, 4.69) is 20.2 Å². The Balaban J connectivity index is 0.000000339. The molecule has 2 aliphatic heterocycles. The normalized spacial score (nSPS) is 23.2. The molecule has 0 aliphatic carbocycles. The van der Waals surface area contributed by atoms with Crippen LogP contribution in [0.2, 0.25) is 0 Å². The number of amides is 1. The summed E-state index contributed by atoms with van der Waals surface area (Å²) >= 11 is 0. The highest BCUT2D eigenvalue weighted by Crippen LogP contribution is 2.34. The van der Waals surface area contributed by atoms with Crippen molar-refractivity contribution in [2.45, 2.75) is 44.8 Å². The molecule has 12 heteroatoms. The van der Waals surface area contributed by atoms with Gasteiger partial charge in [-0.05, 0) is 25.5 Å². The van der Waals surface area contributed by atoms with Crippen molar-refractivity contribution in [2.24, 2.45) is 5.92 Å². The van der Waals surface area contributed by atoms with Crippen LogP contribution in [-0.4, -0.2) is 63.3 Å². The number of rotatable bonds is 5. The lowest BCUT2D eigenvalue weighted by Gasteiger charge is -2.21. The zero-order valence-corrected chi connectivity index (χ0v) is 16.7. The van der Waals surface area contributed by atoms with Gasteiger partial charge in [0.25, 0.3) is 0 Å². The molecular formula is C19H23F3N4O5. The number of halogens is 3. The number of aryl methyl sites for hydroxylation is 1. The number of nitrogens with zero attached hydrogens (tertiary/aromatic N) is 2. The quantitative estimate of drug-likeness (QED) is 0.644. The number of carbonyl (C=O) groups is 2. The summed E-state index contributed by atoms with van der Waals surface area (Å²) in [6.45, 7) is 4.56. The Hall–Kier alpha value is -2.86. The smallest absolute Gasteiger partial charge is 0.475 e. The number of nitrogens with one attached hydrogen (secondary N) is 2. The van der Waals surface area contributed by atoms with E-state index in [9.17, 15) is 18.0 Å². The maximum absolute atomic E-state index is 12.6. The first kappa shape index (κ1) is 22.8. The number of fused-ring (bicyclic) bond motifs is 1. The first-order chi connectivity index (χ1) is 14.6. The van der Waals surface area contributed by atoms with Gasteiger partial charge in [-0.1, -0.05) is 0 Å². The van der Waals surface area contributed by atoms with Crippen LogP contribution in [0.1, 0.15) is 23.7 Å². The Morgan fingerprint density at radius 2 is 2.16 bits per heavy atom. The molecule has 0 unspecified atom stereocenters. The van der Waals surface area contributed by atoms with Crippen molar-refractivity contribution in [3.05, 3.63) is 41.9 Å². The summed E-state index contributed by atoms with van der Waals surface area (Å²) in [5.74, 6) is -1.19. The number of aromatic amines is 1. The third kappa shape index (κ3) is 5.85. The van der Waals surface area contributed by atoms with Crippen LogP contribution in [-0.2, 0) is 27.4 Å². The molecule has 2 aromatic rings. The fraction of sp³-hybridized carbons (Fsp3) is 0.526. The number of hydrogen-bond acceptors (Lipinski definition) is 6. The highest BCUT2D eigenvalue weighted by atomic mass is 19.4. The summed E-state index contributed by atoms with van der Waals surface area (Å²) < 4.78 is 42.9. The number of likely N-dealkylation sites (tertiary alicyclic amines) is 1. The molecule has 2 aliphatic rings. The standard InChI is InChI=1S/C17H22N4O3.C2HF3O2/c1-11-18-7-12(20-11)9-21-10-14(16-15(21)4-6-24-16)17(22)19-8-13-3-2-5-23-13;3-2(4,5)1(6)7/h2-3,5,7,14-16H,4,6,8-10H2,1H3,(H,18,20)(H,19,22);(H,6,7)/t14-,15+,16+;/m0./s1. The van der Waals surface area contributed by atoms with E-state index in [1.54, 1.807) is 6.26 Å². The third-order valence-electron chi connectivity index (χ3n) is 5.13. The summed E-state index contributed by atoms with van der Waals surface area (Å²) in [5, 5.41) is 10.1. The van der Waals surface area contributed by atoms with E-state index in [0.29, 0.717) is 19.1 Å². The predicted octanol–water partition coefficient (Wildman–Crippen LogP) is 1.85. The van der Waals surface area contributed by atoms with Gasteiger partial charge in [0.2, 0.25) is 5.91 Å².